The maximum Gasteiger partial charge on any atom is 0.254 e. The van der Waals surface area contributed by atoms with Crippen LogP contribution in [0.5, 0.6) is 0 Å². The number of hydrogen-bond acceptors (Lipinski definition) is 1. The quantitative estimate of drug-likeness (QED) is 0.724. The van der Waals surface area contributed by atoms with E-state index >= 15 is 0 Å². The summed E-state index contributed by atoms with van der Waals surface area (Å²) in [5.74, 6) is -0.262. The molecule has 19 heavy (non-hydrogen) atoms. The molecule has 0 saturated heterocycles. The van der Waals surface area contributed by atoms with Gasteiger partial charge in [-0.25, -0.2) is 4.39 Å². The summed E-state index contributed by atoms with van der Waals surface area (Å²) >= 11 is 0. The predicted molar refractivity (Wildman–Crippen MR) is 76.9 cm³/mol. The van der Waals surface area contributed by atoms with Crippen molar-refractivity contribution in [1.82, 2.24) is 4.90 Å². The molecule has 0 aliphatic rings. The number of aryl methyl sites for hydroxylation is 1. The minimum absolute atomic E-state index is 0.0272. The number of hydrogen-bond donors (Lipinski definition) is 0. The summed E-state index contributed by atoms with van der Waals surface area (Å²) in [5.41, 5.74) is 1.33. The zero-order chi connectivity index (χ0) is 14.3. The number of unbranched alkanes of at least 4 members (excludes halogenated alkanes) is 2. The van der Waals surface area contributed by atoms with Gasteiger partial charge in [-0.15, -0.1) is 0 Å². The van der Waals surface area contributed by atoms with Gasteiger partial charge in [0.25, 0.3) is 5.91 Å². The third-order valence-electron chi connectivity index (χ3n) is 3.27. The lowest BCUT2D eigenvalue weighted by molar-refractivity contribution is 0.0750. The van der Waals surface area contributed by atoms with Crippen molar-refractivity contribution in [2.75, 3.05) is 13.1 Å². The maximum absolute atomic E-state index is 13.1. The van der Waals surface area contributed by atoms with E-state index in [9.17, 15) is 9.18 Å². The van der Waals surface area contributed by atoms with Gasteiger partial charge in [0.2, 0.25) is 0 Å². The fourth-order valence-corrected chi connectivity index (χ4v) is 2.05. The van der Waals surface area contributed by atoms with Crippen LogP contribution in [0.15, 0.2) is 18.2 Å². The molecule has 0 bridgehead atoms. The number of halogens is 1. The first kappa shape index (κ1) is 15.7. The molecule has 106 valence electrons. The molecule has 1 aromatic rings. The minimum atomic E-state index is -0.289. The minimum Gasteiger partial charge on any atom is -0.339 e. The Morgan fingerprint density at radius 1 is 1.16 bits per heavy atom. The summed E-state index contributed by atoms with van der Waals surface area (Å²) in [5, 5.41) is 0. The van der Waals surface area contributed by atoms with Gasteiger partial charge in [-0.1, -0.05) is 26.7 Å². The van der Waals surface area contributed by atoms with E-state index in [4.69, 9.17) is 0 Å². The Labute approximate surface area is 115 Å². The zero-order valence-corrected chi connectivity index (χ0v) is 12.2. The van der Waals surface area contributed by atoms with Gasteiger partial charge in [-0.3, -0.25) is 4.79 Å². The first-order valence-electron chi connectivity index (χ1n) is 7.15. The number of rotatable bonds is 7. The largest absolute Gasteiger partial charge is 0.339 e. The molecule has 0 spiro atoms. The Kier molecular flexibility index (Phi) is 6.54. The van der Waals surface area contributed by atoms with Crippen LogP contribution in [0.25, 0.3) is 0 Å². The summed E-state index contributed by atoms with van der Waals surface area (Å²) in [4.78, 5) is 14.4. The number of carbonyl (C=O) groups excluding carboxylic acids is 1. The van der Waals surface area contributed by atoms with E-state index in [1.807, 2.05) is 4.90 Å². The summed E-state index contributed by atoms with van der Waals surface area (Å²) in [6.45, 7) is 7.59. The molecule has 1 rings (SSSR count). The molecule has 0 radical (unpaired) electrons. The Balaban J connectivity index is 2.84. The van der Waals surface area contributed by atoms with Crippen molar-refractivity contribution < 1.29 is 9.18 Å². The normalized spacial score (nSPS) is 10.5. The number of nitrogens with zero attached hydrogens (tertiary/aromatic N) is 1. The van der Waals surface area contributed by atoms with E-state index in [-0.39, 0.29) is 11.7 Å². The van der Waals surface area contributed by atoms with Gasteiger partial charge >= 0.3 is 0 Å². The second-order valence-electron chi connectivity index (χ2n) is 4.96. The standard InChI is InChI=1S/C16H24FNO/c1-4-6-10-18(11-7-5-2)16(19)15-9-8-14(17)12-13(15)3/h8-9,12H,4-7,10-11H2,1-3H3. The average Bonchev–Trinajstić information content (AvgIpc) is 2.38. The first-order chi connectivity index (χ1) is 9.10. The Morgan fingerprint density at radius 2 is 1.74 bits per heavy atom. The third kappa shape index (κ3) is 4.66. The molecule has 0 saturated carbocycles. The van der Waals surface area contributed by atoms with Crippen LogP contribution < -0.4 is 0 Å². The average molecular weight is 265 g/mol. The van der Waals surface area contributed by atoms with Crippen LogP contribution in [0, 0.1) is 12.7 Å². The second-order valence-corrected chi connectivity index (χ2v) is 4.96. The monoisotopic (exact) mass is 265 g/mol. The summed E-state index contributed by atoms with van der Waals surface area (Å²) in [6, 6.07) is 4.38. The molecule has 0 fully saturated rings. The van der Waals surface area contributed by atoms with Crippen LogP contribution in [0.2, 0.25) is 0 Å². The molecule has 0 heterocycles. The summed E-state index contributed by atoms with van der Waals surface area (Å²) in [6.07, 6.45) is 4.15. The van der Waals surface area contributed by atoms with Crippen LogP contribution in [-0.4, -0.2) is 23.9 Å². The van der Waals surface area contributed by atoms with E-state index in [1.54, 1.807) is 13.0 Å². The Bertz CT molecular complexity index is 409. The molecular weight excluding hydrogens is 241 g/mol. The lowest BCUT2D eigenvalue weighted by atomic mass is 10.1. The van der Waals surface area contributed by atoms with Crippen LogP contribution in [-0.2, 0) is 0 Å². The van der Waals surface area contributed by atoms with Gasteiger partial charge in [-0.2, -0.15) is 0 Å². The van der Waals surface area contributed by atoms with E-state index in [0.717, 1.165) is 38.8 Å². The van der Waals surface area contributed by atoms with Crippen LogP contribution in [0.1, 0.15) is 55.5 Å². The molecule has 0 aromatic heterocycles. The molecule has 3 heteroatoms. The zero-order valence-electron chi connectivity index (χ0n) is 12.2. The molecule has 2 nitrogen and oxygen atoms in total. The van der Waals surface area contributed by atoms with E-state index in [1.165, 1.54) is 12.1 Å². The summed E-state index contributed by atoms with van der Waals surface area (Å²) in [7, 11) is 0. The van der Waals surface area contributed by atoms with E-state index in [0.29, 0.717) is 11.1 Å². The Morgan fingerprint density at radius 3 is 2.21 bits per heavy atom. The van der Waals surface area contributed by atoms with Crippen molar-refractivity contribution in [1.29, 1.82) is 0 Å². The van der Waals surface area contributed by atoms with Crippen LogP contribution in [0.3, 0.4) is 0 Å². The lowest BCUT2D eigenvalue weighted by Crippen LogP contribution is -2.33. The van der Waals surface area contributed by atoms with Crippen molar-refractivity contribution in [3.63, 3.8) is 0 Å². The van der Waals surface area contributed by atoms with Crippen molar-refractivity contribution in [2.24, 2.45) is 0 Å². The number of benzene rings is 1. The Hall–Kier alpha value is -1.38. The molecule has 0 aliphatic carbocycles. The third-order valence-corrected chi connectivity index (χ3v) is 3.27. The van der Waals surface area contributed by atoms with Crippen molar-refractivity contribution in [2.45, 2.75) is 46.5 Å². The van der Waals surface area contributed by atoms with Gasteiger partial charge in [0, 0.05) is 18.7 Å². The number of carbonyl (C=O) groups is 1. The fraction of sp³-hybridized carbons (Fsp3) is 0.562. The second kappa shape index (κ2) is 7.93. The molecule has 0 aliphatic heterocycles. The highest BCUT2D eigenvalue weighted by atomic mass is 19.1. The lowest BCUT2D eigenvalue weighted by Gasteiger charge is -2.23. The molecule has 0 N–H and O–H groups in total. The smallest absolute Gasteiger partial charge is 0.254 e. The molecule has 0 unspecified atom stereocenters. The highest BCUT2D eigenvalue weighted by molar-refractivity contribution is 5.95. The maximum atomic E-state index is 13.1. The van der Waals surface area contributed by atoms with E-state index in [2.05, 4.69) is 13.8 Å². The summed E-state index contributed by atoms with van der Waals surface area (Å²) < 4.78 is 13.1. The fourth-order valence-electron chi connectivity index (χ4n) is 2.05. The highest BCUT2D eigenvalue weighted by Crippen LogP contribution is 2.14. The van der Waals surface area contributed by atoms with Crippen molar-refractivity contribution in [3.05, 3.63) is 35.1 Å². The van der Waals surface area contributed by atoms with E-state index < -0.39 is 0 Å². The van der Waals surface area contributed by atoms with Crippen LogP contribution in [0.4, 0.5) is 4.39 Å². The molecule has 1 aromatic carbocycles. The van der Waals surface area contributed by atoms with Gasteiger partial charge in [-0.05, 0) is 43.5 Å². The van der Waals surface area contributed by atoms with Crippen molar-refractivity contribution >= 4 is 5.91 Å². The SMILES string of the molecule is CCCCN(CCCC)C(=O)c1ccc(F)cc1C. The number of amides is 1. The van der Waals surface area contributed by atoms with Gasteiger partial charge < -0.3 is 4.90 Å². The van der Waals surface area contributed by atoms with Gasteiger partial charge in [0.15, 0.2) is 0 Å². The molecule has 1 amide bonds. The van der Waals surface area contributed by atoms with Gasteiger partial charge in [0.05, 0.1) is 0 Å². The molecule has 0 atom stereocenters. The topological polar surface area (TPSA) is 20.3 Å². The predicted octanol–water partition coefficient (Wildman–Crippen LogP) is 4.18. The van der Waals surface area contributed by atoms with Gasteiger partial charge in [0.1, 0.15) is 5.82 Å². The van der Waals surface area contributed by atoms with Crippen LogP contribution >= 0.6 is 0 Å². The first-order valence-corrected chi connectivity index (χ1v) is 7.15. The highest BCUT2D eigenvalue weighted by Gasteiger charge is 2.16. The molecular formula is C16H24FNO. The van der Waals surface area contributed by atoms with Crippen molar-refractivity contribution in [3.8, 4) is 0 Å².